The van der Waals surface area contributed by atoms with Crippen LogP contribution in [0.1, 0.15) is 51.8 Å². The second kappa shape index (κ2) is 13.3. The van der Waals surface area contributed by atoms with Gasteiger partial charge < -0.3 is 15.0 Å². The van der Waals surface area contributed by atoms with Crippen LogP contribution in [-0.2, 0) is 14.3 Å². The number of hydrogen-bond donors (Lipinski definition) is 1. The first-order chi connectivity index (χ1) is 19.4. The molecular weight excluding hydrogens is 508 g/mol. The molecule has 0 saturated heterocycles. The van der Waals surface area contributed by atoms with Gasteiger partial charge in [-0.15, -0.1) is 9.89 Å². The summed E-state index contributed by atoms with van der Waals surface area (Å²) in [5.74, 6) is 0.340. The molecule has 0 unspecified atom stereocenters. The minimum absolute atomic E-state index is 0.0261. The zero-order valence-corrected chi connectivity index (χ0v) is 22.9. The van der Waals surface area contributed by atoms with Gasteiger partial charge in [-0.05, 0) is 61.9 Å². The van der Waals surface area contributed by atoms with E-state index in [0.29, 0.717) is 41.7 Å². The summed E-state index contributed by atoms with van der Waals surface area (Å²) in [5, 5.41) is 20.8. The molecule has 2 aromatic carbocycles. The van der Waals surface area contributed by atoms with E-state index in [1.807, 2.05) is 43.3 Å². The molecule has 11 nitrogen and oxygen atoms in total. The van der Waals surface area contributed by atoms with E-state index in [1.54, 1.807) is 12.1 Å². The summed E-state index contributed by atoms with van der Waals surface area (Å²) >= 11 is 0. The Balaban J connectivity index is 1.46. The normalized spacial score (nSPS) is 12.9. The summed E-state index contributed by atoms with van der Waals surface area (Å²) in [7, 11) is 1.29. The zero-order chi connectivity index (χ0) is 28.5. The fourth-order valence-electron chi connectivity index (χ4n) is 4.14. The summed E-state index contributed by atoms with van der Waals surface area (Å²) in [6.45, 7) is 5.64. The van der Waals surface area contributed by atoms with Crippen LogP contribution in [0.4, 0.5) is 17.1 Å². The van der Waals surface area contributed by atoms with Crippen molar-refractivity contribution in [3.8, 4) is 17.5 Å². The number of fused-ring (bicyclic) bond motifs is 1. The second-order valence-corrected chi connectivity index (χ2v) is 9.26. The van der Waals surface area contributed by atoms with Gasteiger partial charge in [-0.2, -0.15) is 10.4 Å². The fraction of sp³-hybridized carbons (Fsp3) is 0.345. The third kappa shape index (κ3) is 6.96. The Labute approximate surface area is 233 Å². The summed E-state index contributed by atoms with van der Waals surface area (Å²) < 4.78 is 4.56. The number of esters is 1. The molecule has 40 heavy (non-hydrogen) atoms. The zero-order valence-electron chi connectivity index (χ0n) is 22.9. The maximum absolute atomic E-state index is 12.0. The van der Waals surface area contributed by atoms with Crippen LogP contribution in [0.15, 0.2) is 58.6 Å². The number of benzene rings is 2. The average Bonchev–Trinajstić information content (AvgIpc) is 3.50. The summed E-state index contributed by atoms with van der Waals surface area (Å²) in [5.41, 5.74) is 4.57. The number of carbonyl (C=O) groups excluding carboxylic acids is 2. The number of aromatic nitrogens is 3. The van der Waals surface area contributed by atoms with E-state index in [0.717, 1.165) is 36.3 Å². The van der Waals surface area contributed by atoms with Gasteiger partial charge in [0.15, 0.2) is 5.82 Å². The van der Waals surface area contributed by atoms with E-state index in [-0.39, 0.29) is 18.7 Å². The number of rotatable bonds is 12. The third-order valence-corrected chi connectivity index (χ3v) is 6.33. The van der Waals surface area contributed by atoms with Crippen LogP contribution in [0.2, 0.25) is 0 Å². The Morgan fingerprint density at radius 1 is 1.10 bits per heavy atom. The summed E-state index contributed by atoms with van der Waals surface area (Å²) in [4.78, 5) is 36.5. The Morgan fingerprint density at radius 3 is 2.52 bits per heavy atom. The molecule has 0 fully saturated rings. The number of amides is 1. The number of anilines is 2. The molecule has 3 aromatic rings. The van der Waals surface area contributed by atoms with Gasteiger partial charge >= 0.3 is 5.97 Å². The van der Waals surface area contributed by atoms with Gasteiger partial charge in [-0.25, -0.2) is 9.98 Å². The van der Waals surface area contributed by atoms with Crippen molar-refractivity contribution in [1.29, 1.82) is 5.26 Å². The first kappa shape index (κ1) is 28.2. The van der Waals surface area contributed by atoms with Crippen molar-refractivity contribution in [1.82, 2.24) is 14.9 Å². The lowest BCUT2D eigenvalue weighted by Crippen LogP contribution is -2.25. The standard InChI is InChI=1S/C29H32N8O3/c1-4-5-18-36(19-6-17-30)24-13-11-23(12-14-24)32-27-20(2)34-37-29(27)33-28(35-37)21-7-9-22(10-8-21)31-25(38)15-16-26(39)40-3/h7-14H,4-6,15-16,18-19H2,1-3H3,(H,31,38). The van der Waals surface area contributed by atoms with Crippen LogP contribution in [0.3, 0.4) is 0 Å². The highest BCUT2D eigenvalue weighted by molar-refractivity contribution is 6.48. The van der Waals surface area contributed by atoms with Crippen LogP contribution in [0, 0.1) is 11.3 Å². The molecule has 0 spiro atoms. The van der Waals surface area contributed by atoms with Crippen molar-refractivity contribution < 1.29 is 14.3 Å². The second-order valence-electron chi connectivity index (χ2n) is 9.26. The number of carbonyl (C=O) groups is 2. The van der Waals surface area contributed by atoms with Gasteiger partial charge in [-0.3, -0.25) is 9.59 Å². The van der Waals surface area contributed by atoms with Gasteiger partial charge in [0.1, 0.15) is 5.71 Å². The average molecular weight is 541 g/mol. The van der Waals surface area contributed by atoms with Crippen LogP contribution in [0.5, 0.6) is 0 Å². The Morgan fingerprint density at radius 2 is 1.85 bits per heavy atom. The highest BCUT2D eigenvalue weighted by atomic mass is 16.5. The molecule has 0 bridgehead atoms. The van der Waals surface area contributed by atoms with Crippen molar-refractivity contribution in [3.05, 3.63) is 54.4 Å². The minimum atomic E-state index is -0.428. The molecule has 1 aromatic heterocycles. The lowest BCUT2D eigenvalue weighted by Gasteiger charge is -2.23. The Kier molecular flexibility index (Phi) is 9.35. The highest BCUT2D eigenvalue weighted by Crippen LogP contribution is 2.25. The number of nitriles is 1. The van der Waals surface area contributed by atoms with E-state index in [9.17, 15) is 9.59 Å². The van der Waals surface area contributed by atoms with Gasteiger partial charge in [-0.1, -0.05) is 13.3 Å². The summed E-state index contributed by atoms with van der Waals surface area (Å²) in [6.07, 6.45) is 2.71. The molecule has 11 heteroatoms. The maximum atomic E-state index is 12.0. The van der Waals surface area contributed by atoms with Crippen molar-refractivity contribution in [3.63, 3.8) is 0 Å². The monoisotopic (exact) mass is 540 g/mol. The molecule has 0 saturated carbocycles. The first-order valence-electron chi connectivity index (χ1n) is 13.2. The molecule has 0 aliphatic carbocycles. The minimum Gasteiger partial charge on any atom is -0.469 e. The first-order valence-corrected chi connectivity index (χ1v) is 13.2. The topological polar surface area (TPSA) is 138 Å². The SMILES string of the molecule is CCCCN(CCC#N)c1ccc(N=C2C(C)=Nn3nc(-c4ccc(NC(=O)CCC(=O)OC)cc4)nc32)cc1. The Hall–Kier alpha value is -4.85. The smallest absolute Gasteiger partial charge is 0.306 e. The molecule has 1 aliphatic rings. The molecule has 206 valence electrons. The largest absolute Gasteiger partial charge is 0.469 e. The van der Waals surface area contributed by atoms with E-state index in [2.05, 4.69) is 43.1 Å². The van der Waals surface area contributed by atoms with Crippen molar-refractivity contribution in [2.24, 2.45) is 10.1 Å². The summed E-state index contributed by atoms with van der Waals surface area (Å²) in [6, 6.07) is 17.3. The van der Waals surface area contributed by atoms with Gasteiger partial charge in [0.25, 0.3) is 0 Å². The molecule has 1 N–H and O–H groups in total. The molecule has 0 atom stereocenters. The van der Waals surface area contributed by atoms with Crippen LogP contribution in [0.25, 0.3) is 11.4 Å². The molecule has 2 heterocycles. The van der Waals surface area contributed by atoms with Gasteiger partial charge in [0.2, 0.25) is 11.7 Å². The predicted octanol–water partition coefficient (Wildman–Crippen LogP) is 4.72. The number of nitrogens with zero attached hydrogens (tertiary/aromatic N) is 7. The predicted molar refractivity (Wildman–Crippen MR) is 154 cm³/mol. The number of unbranched alkanes of at least 4 members (excludes halogenated alkanes) is 1. The van der Waals surface area contributed by atoms with Gasteiger partial charge in [0, 0.05) is 36.4 Å². The lowest BCUT2D eigenvalue weighted by molar-refractivity contribution is -0.141. The van der Waals surface area contributed by atoms with Crippen LogP contribution >= 0.6 is 0 Å². The van der Waals surface area contributed by atoms with E-state index < -0.39 is 5.97 Å². The molecule has 0 radical (unpaired) electrons. The fourth-order valence-corrected chi connectivity index (χ4v) is 4.14. The number of nitrogens with one attached hydrogen (secondary N) is 1. The van der Waals surface area contributed by atoms with Gasteiger partial charge in [0.05, 0.1) is 37.4 Å². The lowest BCUT2D eigenvalue weighted by atomic mass is 10.2. The van der Waals surface area contributed by atoms with E-state index in [4.69, 9.17) is 10.3 Å². The molecule has 1 aliphatic heterocycles. The van der Waals surface area contributed by atoms with E-state index >= 15 is 0 Å². The van der Waals surface area contributed by atoms with Crippen LogP contribution in [-0.4, -0.2) is 58.4 Å². The number of ether oxygens (including phenoxy) is 1. The van der Waals surface area contributed by atoms with Crippen molar-refractivity contribution >= 4 is 40.4 Å². The third-order valence-electron chi connectivity index (χ3n) is 6.33. The molecule has 1 amide bonds. The van der Waals surface area contributed by atoms with Crippen molar-refractivity contribution in [2.45, 2.75) is 46.0 Å². The van der Waals surface area contributed by atoms with Crippen LogP contribution < -0.4 is 10.2 Å². The number of hydrogen-bond acceptors (Lipinski definition) is 9. The quantitative estimate of drug-likeness (QED) is 0.328. The number of aliphatic imine (C=N–C) groups is 1. The molecular formula is C29H32N8O3. The Bertz CT molecular complexity index is 1450. The van der Waals surface area contributed by atoms with Crippen molar-refractivity contribution in [2.75, 3.05) is 30.4 Å². The molecule has 4 rings (SSSR count). The van der Waals surface area contributed by atoms with E-state index in [1.165, 1.54) is 11.9 Å². The highest BCUT2D eigenvalue weighted by Gasteiger charge is 2.25. The number of methoxy groups -OCH3 is 1. The maximum Gasteiger partial charge on any atom is 0.306 e.